The smallest absolute Gasteiger partial charge is 0.393 e. The first-order chi connectivity index (χ1) is 16.5. The van der Waals surface area contributed by atoms with E-state index in [0.29, 0.717) is 53.3 Å². The summed E-state index contributed by atoms with van der Waals surface area (Å²) in [6.07, 6.45) is -5.04. The molecule has 0 atom stereocenters. The Morgan fingerprint density at radius 1 is 1.29 bits per heavy atom. The van der Waals surface area contributed by atoms with Crippen LogP contribution in [0.2, 0.25) is 0 Å². The van der Waals surface area contributed by atoms with Crippen LogP contribution in [0.1, 0.15) is 32.6 Å². The molecule has 0 bridgehead atoms. The highest BCUT2D eigenvalue weighted by Crippen LogP contribution is 2.31. The van der Waals surface area contributed by atoms with E-state index in [9.17, 15) is 23.1 Å². The van der Waals surface area contributed by atoms with E-state index >= 15 is 0 Å². The normalized spacial score (nSPS) is 15.2. The van der Waals surface area contributed by atoms with Crippen LogP contribution in [-0.2, 0) is 4.79 Å². The molecule has 1 amide bonds. The molecule has 2 aromatic rings. The summed E-state index contributed by atoms with van der Waals surface area (Å²) in [7, 11) is 0. The monoisotopic (exact) mass is 509 g/mol. The van der Waals surface area contributed by atoms with Crippen molar-refractivity contribution < 1.29 is 23.1 Å². The number of hydrogen-bond donors (Lipinski definition) is 4. The maximum absolute atomic E-state index is 12.4. The first kappa shape index (κ1) is 26.4. The fourth-order valence-electron chi connectivity index (χ4n) is 3.32. The third-order valence-electron chi connectivity index (χ3n) is 4.88. The standard InChI is InChI=1S/C22H26F3N7O2S/c1-13(26)10-17(27)29-18-11-19(32-8-6-15(33)7-9-32)31-21(30-18)35-16-4-2-14(3-5-16)28-20(34)12-22(23,24)25/h2-5,11,15,26,33H,6-10,12H2,1H3,(H,28,34)(H2,27,29,30,31). The second-order valence-electron chi connectivity index (χ2n) is 8.11. The Morgan fingerprint density at radius 3 is 2.54 bits per heavy atom. The van der Waals surface area contributed by atoms with Crippen LogP contribution in [0, 0.1) is 5.41 Å². The molecule has 35 heavy (non-hydrogen) atoms. The lowest BCUT2D eigenvalue weighted by molar-refractivity contribution is -0.150. The zero-order valence-electron chi connectivity index (χ0n) is 19.0. The lowest BCUT2D eigenvalue weighted by Gasteiger charge is -2.30. The second-order valence-corrected chi connectivity index (χ2v) is 9.15. The number of benzene rings is 1. The van der Waals surface area contributed by atoms with E-state index in [2.05, 4.69) is 20.3 Å². The van der Waals surface area contributed by atoms with Crippen LogP contribution in [0.4, 0.5) is 30.5 Å². The average Bonchev–Trinajstić information content (AvgIpc) is 2.73. The molecule has 1 aliphatic heterocycles. The molecule has 1 aromatic heterocycles. The molecule has 13 heteroatoms. The van der Waals surface area contributed by atoms with Crippen LogP contribution in [0.5, 0.6) is 0 Å². The van der Waals surface area contributed by atoms with Gasteiger partial charge in [-0.05, 0) is 55.8 Å². The number of aliphatic hydroxyl groups excluding tert-OH is 1. The maximum Gasteiger partial charge on any atom is 0.397 e. The summed E-state index contributed by atoms with van der Waals surface area (Å²) in [4.78, 5) is 27.6. The van der Waals surface area contributed by atoms with Gasteiger partial charge in [-0.1, -0.05) is 0 Å². The summed E-state index contributed by atoms with van der Waals surface area (Å²) in [6, 6.07) is 7.97. The summed E-state index contributed by atoms with van der Waals surface area (Å²) < 4.78 is 37.1. The molecule has 0 aliphatic carbocycles. The molecule has 2 heterocycles. The van der Waals surface area contributed by atoms with Crippen LogP contribution in [-0.4, -0.2) is 57.9 Å². The zero-order chi connectivity index (χ0) is 25.6. The highest BCUT2D eigenvalue weighted by atomic mass is 32.2. The Kier molecular flexibility index (Phi) is 8.67. The van der Waals surface area contributed by atoms with Gasteiger partial charge in [-0.2, -0.15) is 13.2 Å². The number of alkyl halides is 3. The number of nitrogens with one attached hydrogen (secondary N) is 2. The van der Waals surface area contributed by atoms with Gasteiger partial charge in [0.1, 0.15) is 18.1 Å². The van der Waals surface area contributed by atoms with Gasteiger partial charge in [0.15, 0.2) is 11.0 Å². The highest BCUT2D eigenvalue weighted by molar-refractivity contribution is 7.99. The van der Waals surface area contributed by atoms with Crippen molar-refractivity contribution in [1.82, 2.24) is 9.97 Å². The van der Waals surface area contributed by atoms with E-state index < -0.39 is 18.5 Å². The lowest BCUT2D eigenvalue weighted by Crippen LogP contribution is -2.36. The van der Waals surface area contributed by atoms with Gasteiger partial charge in [0.25, 0.3) is 0 Å². The number of aliphatic hydroxyl groups is 1. The topological polar surface area (TPSA) is 141 Å². The van der Waals surface area contributed by atoms with Crippen molar-refractivity contribution in [1.29, 1.82) is 5.41 Å². The number of carbonyl (C=O) groups excluding carboxylic acids is 1. The molecule has 1 fully saturated rings. The summed E-state index contributed by atoms with van der Waals surface area (Å²) in [5, 5.41) is 20.0. The highest BCUT2D eigenvalue weighted by Gasteiger charge is 2.31. The van der Waals surface area contributed by atoms with Crippen molar-refractivity contribution in [2.24, 2.45) is 10.7 Å². The van der Waals surface area contributed by atoms with Gasteiger partial charge in [-0.15, -0.1) is 0 Å². The van der Waals surface area contributed by atoms with Gasteiger partial charge in [0, 0.05) is 41.9 Å². The quantitative estimate of drug-likeness (QED) is 0.240. The number of nitrogens with two attached hydrogens (primary N) is 1. The third kappa shape index (κ3) is 8.83. The minimum atomic E-state index is -4.57. The predicted octanol–water partition coefficient (Wildman–Crippen LogP) is 3.90. The SMILES string of the molecule is CC(=N)CC(N)=Nc1cc(N2CCC(O)CC2)nc(Sc2ccc(NC(=O)CC(F)(F)F)cc2)n1. The van der Waals surface area contributed by atoms with Crippen LogP contribution in [0.15, 0.2) is 45.4 Å². The molecule has 1 aliphatic rings. The van der Waals surface area contributed by atoms with Crippen molar-refractivity contribution in [2.75, 3.05) is 23.3 Å². The molecule has 5 N–H and O–H groups in total. The summed E-state index contributed by atoms with van der Waals surface area (Å²) >= 11 is 1.22. The van der Waals surface area contributed by atoms with Gasteiger partial charge < -0.3 is 26.5 Å². The number of halogens is 3. The van der Waals surface area contributed by atoms with Crippen LogP contribution >= 0.6 is 11.8 Å². The van der Waals surface area contributed by atoms with Gasteiger partial charge >= 0.3 is 6.18 Å². The summed E-state index contributed by atoms with van der Waals surface area (Å²) in [5.41, 5.74) is 6.55. The van der Waals surface area contributed by atoms with Crippen molar-refractivity contribution in [3.05, 3.63) is 30.3 Å². The number of rotatable bonds is 8. The number of aliphatic imine (C=N–C) groups is 1. The first-order valence-electron chi connectivity index (χ1n) is 10.8. The molecule has 1 aromatic carbocycles. The third-order valence-corrected chi connectivity index (χ3v) is 5.75. The van der Waals surface area contributed by atoms with Crippen molar-refractivity contribution >= 4 is 46.5 Å². The van der Waals surface area contributed by atoms with Crippen LogP contribution < -0.4 is 16.0 Å². The molecule has 0 unspecified atom stereocenters. The molecule has 3 rings (SSSR count). The predicted molar refractivity (Wildman–Crippen MR) is 129 cm³/mol. The number of aromatic nitrogens is 2. The van der Waals surface area contributed by atoms with Crippen LogP contribution in [0.3, 0.4) is 0 Å². The molecule has 0 spiro atoms. The van der Waals surface area contributed by atoms with E-state index in [0.717, 1.165) is 0 Å². The molecular formula is C22H26F3N7O2S. The molecular weight excluding hydrogens is 483 g/mol. The fourth-order valence-corrected chi connectivity index (χ4v) is 4.08. The van der Waals surface area contributed by atoms with Gasteiger partial charge in [-0.25, -0.2) is 15.0 Å². The van der Waals surface area contributed by atoms with Gasteiger partial charge in [0.05, 0.1) is 6.10 Å². The molecule has 188 valence electrons. The minimum Gasteiger partial charge on any atom is -0.393 e. The fraction of sp³-hybridized carbons (Fsp3) is 0.409. The average molecular weight is 510 g/mol. The molecule has 0 radical (unpaired) electrons. The van der Waals surface area contributed by atoms with Crippen molar-refractivity contribution in [2.45, 2.75) is 54.9 Å². The zero-order valence-corrected chi connectivity index (χ0v) is 19.8. The summed E-state index contributed by atoms with van der Waals surface area (Å²) in [6.45, 7) is 2.86. The number of carbonyl (C=O) groups is 1. The van der Waals surface area contributed by atoms with Crippen molar-refractivity contribution in [3.63, 3.8) is 0 Å². The van der Waals surface area contributed by atoms with Gasteiger partial charge in [-0.3, -0.25) is 4.79 Å². The Hall–Kier alpha value is -3.19. The Labute approximate surface area is 204 Å². The summed E-state index contributed by atoms with van der Waals surface area (Å²) in [5.74, 6) is 0.0638. The van der Waals surface area contributed by atoms with Crippen LogP contribution in [0.25, 0.3) is 0 Å². The van der Waals surface area contributed by atoms with Crippen molar-refractivity contribution in [3.8, 4) is 0 Å². The van der Waals surface area contributed by atoms with E-state index in [4.69, 9.17) is 11.1 Å². The number of piperidine rings is 1. The maximum atomic E-state index is 12.4. The van der Waals surface area contributed by atoms with E-state index in [1.165, 1.54) is 23.9 Å². The number of anilines is 2. The Bertz CT molecular complexity index is 1090. The lowest BCUT2D eigenvalue weighted by atomic mass is 10.1. The minimum absolute atomic E-state index is 0.208. The number of amides is 1. The van der Waals surface area contributed by atoms with E-state index in [-0.39, 0.29) is 24.0 Å². The van der Waals surface area contributed by atoms with E-state index in [1.54, 1.807) is 25.1 Å². The Balaban J connectivity index is 1.79. The van der Waals surface area contributed by atoms with E-state index in [1.807, 2.05) is 4.90 Å². The molecule has 1 saturated heterocycles. The first-order valence-corrected chi connectivity index (χ1v) is 11.6. The largest absolute Gasteiger partial charge is 0.397 e. The molecule has 0 saturated carbocycles. The number of amidine groups is 1. The molecule has 9 nitrogen and oxygen atoms in total. The Morgan fingerprint density at radius 2 is 1.94 bits per heavy atom. The second kappa shape index (κ2) is 11.5. The van der Waals surface area contributed by atoms with Gasteiger partial charge in [0.2, 0.25) is 5.91 Å². The number of nitrogens with zero attached hydrogens (tertiary/aromatic N) is 4. The number of hydrogen-bond acceptors (Lipinski definition) is 8.